The highest BCUT2D eigenvalue weighted by molar-refractivity contribution is 6.54. The van der Waals surface area contributed by atoms with Crippen molar-refractivity contribution in [3.63, 3.8) is 0 Å². The summed E-state index contributed by atoms with van der Waals surface area (Å²) in [5, 5.41) is 3.87. The smallest absolute Gasteiger partial charge is 0.400 e. The minimum Gasteiger partial charge on any atom is -0.400 e. The fraction of sp³-hybridized carbons (Fsp3) is 0.706. The van der Waals surface area contributed by atoms with Crippen LogP contribution >= 0.6 is 0 Å². The molecule has 0 amide bonds. The summed E-state index contributed by atoms with van der Waals surface area (Å²) in [5.41, 5.74) is 0.901. The van der Waals surface area contributed by atoms with E-state index in [0.717, 1.165) is 18.4 Å². The molecule has 0 spiro atoms. The summed E-state index contributed by atoms with van der Waals surface area (Å²) in [6, 6.07) is 0. The van der Waals surface area contributed by atoms with Crippen LogP contribution in [-0.4, -0.2) is 46.1 Å². The normalized spacial score (nSPS) is 23.4. The molecule has 0 bridgehead atoms. The summed E-state index contributed by atoms with van der Waals surface area (Å²) < 4.78 is 39.8. The molecule has 0 saturated carbocycles. The van der Waals surface area contributed by atoms with Gasteiger partial charge in [-0.1, -0.05) is 6.08 Å². The Labute approximate surface area is 148 Å². The van der Waals surface area contributed by atoms with E-state index < -0.39 is 6.43 Å². The molecule has 1 saturated heterocycles. The summed E-state index contributed by atoms with van der Waals surface area (Å²) in [6.45, 7) is 10.1. The maximum atomic E-state index is 13.1. The molecule has 25 heavy (non-hydrogen) atoms. The minimum atomic E-state index is -2.54. The third kappa shape index (κ3) is 3.66. The van der Waals surface area contributed by atoms with Crippen LogP contribution in [0, 0.1) is 0 Å². The van der Waals surface area contributed by atoms with Crippen molar-refractivity contribution in [1.29, 1.82) is 0 Å². The average Bonchev–Trinajstić information content (AvgIpc) is 2.97. The predicted octanol–water partition coefficient (Wildman–Crippen LogP) is 3.12. The van der Waals surface area contributed by atoms with E-state index in [4.69, 9.17) is 9.31 Å². The lowest BCUT2D eigenvalue weighted by atomic mass is 9.74. The van der Waals surface area contributed by atoms with Gasteiger partial charge in [0.15, 0.2) is 0 Å². The van der Waals surface area contributed by atoms with E-state index >= 15 is 0 Å². The zero-order valence-corrected chi connectivity index (χ0v) is 15.6. The van der Waals surface area contributed by atoms with Crippen molar-refractivity contribution >= 4 is 7.12 Å². The van der Waals surface area contributed by atoms with Crippen LogP contribution in [0.2, 0.25) is 0 Å². The van der Waals surface area contributed by atoms with Crippen molar-refractivity contribution in [2.45, 2.75) is 58.3 Å². The van der Waals surface area contributed by atoms with Crippen LogP contribution in [-0.2, 0) is 22.9 Å². The van der Waals surface area contributed by atoms with Crippen molar-refractivity contribution in [2.24, 2.45) is 7.05 Å². The molecule has 2 aliphatic heterocycles. The Balaban J connectivity index is 1.64. The van der Waals surface area contributed by atoms with Crippen molar-refractivity contribution in [2.75, 3.05) is 13.1 Å². The van der Waals surface area contributed by atoms with Crippen LogP contribution < -0.4 is 0 Å². The highest BCUT2D eigenvalue weighted by atomic mass is 19.3. The lowest BCUT2D eigenvalue weighted by Gasteiger charge is -2.32. The van der Waals surface area contributed by atoms with Gasteiger partial charge in [-0.3, -0.25) is 9.58 Å². The summed E-state index contributed by atoms with van der Waals surface area (Å²) in [7, 11) is 1.35. The fourth-order valence-electron chi connectivity index (χ4n) is 3.18. The summed E-state index contributed by atoms with van der Waals surface area (Å²) in [4.78, 5) is 2.14. The topological polar surface area (TPSA) is 39.5 Å². The predicted molar refractivity (Wildman–Crippen MR) is 92.2 cm³/mol. The van der Waals surface area contributed by atoms with Gasteiger partial charge in [0.25, 0.3) is 6.43 Å². The molecule has 0 aromatic carbocycles. The van der Waals surface area contributed by atoms with Crippen molar-refractivity contribution in [1.82, 2.24) is 14.7 Å². The quantitative estimate of drug-likeness (QED) is 0.780. The van der Waals surface area contributed by atoms with Crippen LogP contribution in [0.1, 0.15) is 51.8 Å². The number of aromatic nitrogens is 2. The Bertz CT molecular complexity index is 657. The second kappa shape index (κ2) is 6.48. The van der Waals surface area contributed by atoms with E-state index in [0.29, 0.717) is 18.7 Å². The molecule has 0 N–H and O–H groups in total. The second-order valence-electron chi connectivity index (χ2n) is 7.87. The third-order valence-corrected chi connectivity index (χ3v) is 5.42. The van der Waals surface area contributed by atoms with Gasteiger partial charge in [-0.2, -0.15) is 5.10 Å². The standard InChI is InChI=1S/C17H26BF2N3O2/c1-16(2)17(3,4)25-18(24-16)13-6-8-23(9-7-13)11-12-10-22(5)21-14(12)15(19)20/h6,10,15H,7-9,11H2,1-5H3. The molecular formula is C17H26BF2N3O2. The first-order valence-electron chi connectivity index (χ1n) is 8.66. The van der Waals surface area contributed by atoms with E-state index in [-0.39, 0.29) is 24.0 Å². The lowest BCUT2D eigenvalue weighted by molar-refractivity contribution is 0.00578. The number of rotatable bonds is 4. The molecule has 5 nitrogen and oxygen atoms in total. The van der Waals surface area contributed by atoms with Gasteiger partial charge in [0.2, 0.25) is 0 Å². The molecule has 2 aliphatic rings. The van der Waals surface area contributed by atoms with Gasteiger partial charge < -0.3 is 9.31 Å². The average molecular weight is 353 g/mol. The number of nitrogens with zero attached hydrogens (tertiary/aromatic N) is 3. The van der Waals surface area contributed by atoms with Gasteiger partial charge in [0.05, 0.1) is 11.2 Å². The van der Waals surface area contributed by atoms with Crippen molar-refractivity contribution in [3.8, 4) is 0 Å². The second-order valence-corrected chi connectivity index (χ2v) is 7.87. The Morgan fingerprint density at radius 3 is 2.40 bits per heavy atom. The highest BCUT2D eigenvalue weighted by Gasteiger charge is 2.52. The molecule has 138 valence electrons. The number of alkyl halides is 2. The van der Waals surface area contributed by atoms with Gasteiger partial charge in [-0.15, -0.1) is 0 Å². The number of hydrogen-bond donors (Lipinski definition) is 0. The monoisotopic (exact) mass is 353 g/mol. The van der Waals surface area contributed by atoms with Crippen LogP contribution in [0.5, 0.6) is 0 Å². The zero-order valence-electron chi connectivity index (χ0n) is 15.6. The van der Waals surface area contributed by atoms with E-state index in [1.807, 2.05) is 27.7 Å². The Morgan fingerprint density at radius 1 is 1.24 bits per heavy atom. The first kappa shape index (κ1) is 18.5. The molecule has 3 heterocycles. The number of hydrogen-bond acceptors (Lipinski definition) is 4. The van der Waals surface area contributed by atoms with Crippen LogP contribution in [0.25, 0.3) is 0 Å². The number of halogens is 2. The third-order valence-electron chi connectivity index (χ3n) is 5.42. The SMILES string of the molecule is Cn1cc(CN2CC=C(B3OC(C)(C)C(C)(C)O3)CC2)c(C(F)F)n1. The molecule has 0 aliphatic carbocycles. The molecule has 0 atom stereocenters. The van der Waals surface area contributed by atoms with Crippen molar-refractivity contribution < 1.29 is 18.1 Å². The summed E-state index contributed by atoms with van der Waals surface area (Å²) in [5.74, 6) is 0. The first-order chi connectivity index (χ1) is 11.6. The molecule has 1 fully saturated rings. The Hall–Kier alpha value is -1.25. The lowest BCUT2D eigenvalue weighted by Crippen LogP contribution is -2.41. The molecule has 1 aromatic rings. The van der Waals surface area contributed by atoms with Gasteiger partial charge in [0.1, 0.15) is 5.69 Å². The molecule has 0 unspecified atom stereocenters. The largest absolute Gasteiger partial charge is 0.490 e. The Kier molecular flexibility index (Phi) is 4.81. The molecule has 0 radical (unpaired) electrons. The first-order valence-corrected chi connectivity index (χ1v) is 8.66. The highest BCUT2D eigenvalue weighted by Crippen LogP contribution is 2.39. The van der Waals surface area contributed by atoms with E-state index in [2.05, 4.69) is 16.1 Å². The fourth-order valence-corrected chi connectivity index (χ4v) is 3.18. The summed E-state index contributed by atoms with van der Waals surface area (Å²) >= 11 is 0. The van der Waals surface area contributed by atoms with Gasteiger partial charge in [-0.05, 0) is 39.6 Å². The maximum absolute atomic E-state index is 13.1. The summed E-state index contributed by atoms with van der Waals surface area (Å²) in [6.07, 6.45) is 2.04. The molecule has 1 aromatic heterocycles. The van der Waals surface area contributed by atoms with Crippen molar-refractivity contribution in [3.05, 3.63) is 29.0 Å². The van der Waals surface area contributed by atoms with Gasteiger partial charge >= 0.3 is 7.12 Å². The van der Waals surface area contributed by atoms with Crippen LogP contribution in [0.4, 0.5) is 8.78 Å². The minimum absolute atomic E-state index is 0.122. The van der Waals surface area contributed by atoms with Crippen LogP contribution in [0.15, 0.2) is 17.7 Å². The molecule has 3 rings (SSSR count). The van der Waals surface area contributed by atoms with Gasteiger partial charge in [0, 0.05) is 38.4 Å². The van der Waals surface area contributed by atoms with E-state index in [1.54, 1.807) is 13.2 Å². The number of aryl methyl sites for hydroxylation is 1. The Morgan fingerprint density at radius 2 is 1.88 bits per heavy atom. The maximum Gasteiger partial charge on any atom is 0.490 e. The van der Waals surface area contributed by atoms with Gasteiger partial charge in [-0.25, -0.2) is 8.78 Å². The van der Waals surface area contributed by atoms with E-state index in [9.17, 15) is 8.78 Å². The van der Waals surface area contributed by atoms with E-state index in [1.165, 1.54) is 4.68 Å². The van der Waals surface area contributed by atoms with Crippen LogP contribution in [0.3, 0.4) is 0 Å². The molecular weight excluding hydrogens is 327 g/mol. The molecule has 8 heteroatoms. The zero-order chi connectivity index (χ0) is 18.4.